The zero-order chi connectivity index (χ0) is 15.9. The predicted molar refractivity (Wildman–Crippen MR) is 106 cm³/mol. The van der Waals surface area contributed by atoms with E-state index in [2.05, 4.69) is 11.8 Å². The normalized spacial score (nSPS) is 24.5. The van der Waals surface area contributed by atoms with Crippen molar-refractivity contribution in [1.29, 1.82) is 0 Å². The molecule has 22 heavy (non-hydrogen) atoms. The molecule has 2 aliphatic carbocycles. The second kappa shape index (κ2) is 9.22. The summed E-state index contributed by atoms with van der Waals surface area (Å²) in [6.45, 7) is 5.91. The van der Waals surface area contributed by atoms with Crippen LogP contribution in [0.2, 0.25) is 0 Å². The van der Waals surface area contributed by atoms with Crippen molar-refractivity contribution in [3.8, 4) is 0 Å². The molecule has 0 aromatic carbocycles. The van der Waals surface area contributed by atoms with Gasteiger partial charge in [0.2, 0.25) is 0 Å². The highest BCUT2D eigenvalue weighted by atomic mass is 32.1. The third-order valence-electron chi connectivity index (χ3n) is 5.68. The van der Waals surface area contributed by atoms with Crippen LogP contribution >= 0.6 is 25.3 Å². The van der Waals surface area contributed by atoms with Gasteiger partial charge in [-0.15, -0.1) is 0 Å². The summed E-state index contributed by atoms with van der Waals surface area (Å²) in [4.78, 5) is 2.73. The van der Waals surface area contributed by atoms with Crippen LogP contribution in [0, 0.1) is 0 Å². The van der Waals surface area contributed by atoms with Gasteiger partial charge in [0, 0.05) is 22.6 Å². The lowest BCUT2D eigenvalue weighted by Gasteiger charge is -2.42. The van der Waals surface area contributed by atoms with Crippen molar-refractivity contribution < 1.29 is 0 Å². The van der Waals surface area contributed by atoms with Gasteiger partial charge in [0.1, 0.15) is 0 Å². The van der Waals surface area contributed by atoms with Crippen molar-refractivity contribution in [1.82, 2.24) is 4.90 Å². The monoisotopic (exact) mass is 343 g/mol. The Kier molecular flexibility index (Phi) is 7.96. The topological polar surface area (TPSA) is 3.24 Å². The first-order valence-corrected chi connectivity index (χ1v) is 10.6. The fourth-order valence-corrected chi connectivity index (χ4v) is 5.40. The minimum atomic E-state index is 0.267. The van der Waals surface area contributed by atoms with E-state index in [4.69, 9.17) is 25.3 Å². The van der Waals surface area contributed by atoms with Gasteiger partial charge in [0.25, 0.3) is 0 Å². The number of hydrogen-bond donors (Lipinski definition) is 2. The summed E-state index contributed by atoms with van der Waals surface area (Å²) in [5.41, 5.74) is 0. The zero-order valence-electron chi connectivity index (χ0n) is 14.7. The Labute approximate surface area is 149 Å². The number of unbranched alkanes of at least 4 members (excludes halogenated alkanes) is 2. The minimum absolute atomic E-state index is 0.267. The molecule has 2 aliphatic rings. The Morgan fingerprint density at radius 2 is 1.18 bits per heavy atom. The van der Waals surface area contributed by atoms with Crippen LogP contribution in [0.25, 0.3) is 0 Å². The SMILES string of the molecule is CCCCCN(CC1(S)CCCCC1)CC1(S)CCCCC1. The Hall–Kier alpha value is 0.660. The first-order valence-electron chi connectivity index (χ1n) is 9.72. The van der Waals surface area contributed by atoms with E-state index in [9.17, 15) is 0 Å². The molecule has 130 valence electrons. The van der Waals surface area contributed by atoms with Gasteiger partial charge >= 0.3 is 0 Å². The lowest BCUT2D eigenvalue weighted by molar-refractivity contribution is 0.184. The lowest BCUT2D eigenvalue weighted by Crippen LogP contribution is -2.47. The summed E-state index contributed by atoms with van der Waals surface area (Å²) in [7, 11) is 0. The van der Waals surface area contributed by atoms with Crippen molar-refractivity contribution in [2.45, 2.75) is 99.9 Å². The van der Waals surface area contributed by atoms with Gasteiger partial charge in [-0.05, 0) is 38.6 Å². The molecular formula is C19H37NS2. The number of hydrogen-bond acceptors (Lipinski definition) is 3. The van der Waals surface area contributed by atoms with Crippen LogP contribution in [0.15, 0.2) is 0 Å². The van der Waals surface area contributed by atoms with E-state index in [0.29, 0.717) is 0 Å². The summed E-state index contributed by atoms with van der Waals surface area (Å²) >= 11 is 10.2. The number of thiol groups is 2. The van der Waals surface area contributed by atoms with E-state index in [0.717, 1.165) is 0 Å². The highest BCUT2D eigenvalue weighted by Gasteiger charge is 2.34. The van der Waals surface area contributed by atoms with Crippen molar-refractivity contribution in [3.63, 3.8) is 0 Å². The average molecular weight is 344 g/mol. The van der Waals surface area contributed by atoms with Crippen LogP contribution in [-0.2, 0) is 0 Å². The molecule has 3 heteroatoms. The van der Waals surface area contributed by atoms with Crippen molar-refractivity contribution in [3.05, 3.63) is 0 Å². The molecule has 0 aliphatic heterocycles. The average Bonchev–Trinajstić information content (AvgIpc) is 2.48. The van der Waals surface area contributed by atoms with Gasteiger partial charge in [0.15, 0.2) is 0 Å². The Morgan fingerprint density at radius 1 is 0.727 bits per heavy atom. The first kappa shape index (κ1) is 19.0. The molecule has 0 radical (unpaired) electrons. The number of nitrogens with zero attached hydrogens (tertiary/aromatic N) is 1. The molecule has 0 atom stereocenters. The van der Waals surface area contributed by atoms with E-state index < -0.39 is 0 Å². The van der Waals surface area contributed by atoms with Crippen molar-refractivity contribution in [2.75, 3.05) is 19.6 Å². The highest BCUT2D eigenvalue weighted by Crippen LogP contribution is 2.38. The van der Waals surface area contributed by atoms with Crippen LogP contribution < -0.4 is 0 Å². The van der Waals surface area contributed by atoms with E-state index in [1.54, 1.807) is 0 Å². The summed E-state index contributed by atoms with van der Waals surface area (Å²) < 4.78 is 0.534. The molecule has 0 unspecified atom stereocenters. The van der Waals surface area contributed by atoms with Crippen molar-refractivity contribution >= 4 is 25.3 Å². The Morgan fingerprint density at radius 3 is 1.59 bits per heavy atom. The van der Waals surface area contributed by atoms with Gasteiger partial charge in [-0.2, -0.15) is 25.3 Å². The third kappa shape index (κ3) is 6.28. The molecule has 0 amide bonds. The maximum atomic E-state index is 5.11. The summed E-state index contributed by atoms with van der Waals surface area (Å²) in [6, 6.07) is 0. The third-order valence-corrected chi connectivity index (χ3v) is 6.86. The molecule has 2 rings (SSSR count). The van der Waals surface area contributed by atoms with Gasteiger partial charge in [-0.3, -0.25) is 0 Å². The molecule has 0 saturated heterocycles. The molecule has 0 spiro atoms. The van der Waals surface area contributed by atoms with Crippen LogP contribution in [0.1, 0.15) is 90.4 Å². The van der Waals surface area contributed by atoms with Gasteiger partial charge in [0.05, 0.1) is 0 Å². The van der Waals surface area contributed by atoms with Gasteiger partial charge in [-0.1, -0.05) is 58.3 Å². The molecule has 0 aromatic heterocycles. The molecular weight excluding hydrogens is 306 g/mol. The molecule has 0 heterocycles. The summed E-state index contributed by atoms with van der Waals surface area (Å²) in [6.07, 6.45) is 17.5. The molecule has 0 N–H and O–H groups in total. The highest BCUT2D eigenvalue weighted by molar-refractivity contribution is 7.82. The standard InChI is InChI=1S/C19H37NS2/c1-2-3-10-15-20(16-18(21)11-6-4-7-12-18)17-19(22)13-8-5-9-14-19/h21-22H,2-17H2,1H3. The van der Waals surface area contributed by atoms with E-state index in [1.165, 1.54) is 103 Å². The fraction of sp³-hybridized carbons (Fsp3) is 1.00. The lowest BCUT2D eigenvalue weighted by atomic mass is 9.85. The second-order valence-corrected chi connectivity index (χ2v) is 9.89. The maximum Gasteiger partial charge on any atom is 0.0256 e. The summed E-state index contributed by atoms with van der Waals surface area (Å²) in [5.74, 6) is 0. The maximum absolute atomic E-state index is 5.11. The van der Waals surface area contributed by atoms with Crippen LogP contribution in [0.3, 0.4) is 0 Å². The molecule has 0 aromatic rings. The predicted octanol–water partition coefficient (Wildman–Crippen LogP) is 5.74. The molecule has 0 bridgehead atoms. The fourth-order valence-electron chi connectivity index (χ4n) is 4.37. The van der Waals surface area contributed by atoms with Crippen LogP contribution in [0.4, 0.5) is 0 Å². The van der Waals surface area contributed by atoms with Gasteiger partial charge in [-0.25, -0.2) is 0 Å². The van der Waals surface area contributed by atoms with E-state index >= 15 is 0 Å². The second-order valence-electron chi connectivity index (χ2n) is 7.99. The van der Waals surface area contributed by atoms with Gasteiger partial charge < -0.3 is 4.90 Å². The first-order chi connectivity index (χ1) is 10.6. The molecule has 2 fully saturated rings. The smallest absolute Gasteiger partial charge is 0.0256 e. The van der Waals surface area contributed by atoms with E-state index in [1.807, 2.05) is 0 Å². The molecule has 1 nitrogen and oxygen atoms in total. The van der Waals surface area contributed by atoms with E-state index in [-0.39, 0.29) is 9.49 Å². The summed E-state index contributed by atoms with van der Waals surface area (Å²) in [5, 5.41) is 0. The Bertz CT molecular complexity index is 281. The largest absolute Gasteiger partial charge is 0.301 e. The molecule has 2 saturated carbocycles. The Balaban J connectivity index is 1.92. The number of rotatable bonds is 8. The van der Waals surface area contributed by atoms with Crippen LogP contribution in [0.5, 0.6) is 0 Å². The zero-order valence-corrected chi connectivity index (χ0v) is 16.4. The van der Waals surface area contributed by atoms with Crippen LogP contribution in [-0.4, -0.2) is 34.0 Å². The quantitative estimate of drug-likeness (QED) is 0.419. The van der Waals surface area contributed by atoms with Crippen molar-refractivity contribution in [2.24, 2.45) is 0 Å². The minimum Gasteiger partial charge on any atom is -0.301 e.